The standard InChI is InChI=1S/C20H17ClF2N2O4/c1-27-17-10-14(19(26)29-12-18-24-8-9-25(18)20(22)23)4-7-16(17)28-11-13-2-5-15(21)6-3-13/h2-10,20H,11-12H2,1H3. The van der Waals surface area contributed by atoms with Crippen molar-refractivity contribution in [2.75, 3.05) is 7.11 Å². The third-order valence-electron chi connectivity index (χ3n) is 4.00. The maximum Gasteiger partial charge on any atom is 0.338 e. The second kappa shape index (κ2) is 9.38. The molecule has 0 saturated heterocycles. The first-order valence-corrected chi connectivity index (χ1v) is 8.88. The van der Waals surface area contributed by atoms with Gasteiger partial charge in [-0.1, -0.05) is 23.7 Å². The Bertz CT molecular complexity index is 977. The molecule has 6 nitrogen and oxygen atoms in total. The number of carbonyl (C=O) groups excluding carboxylic acids is 1. The van der Waals surface area contributed by atoms with Gasteiger partial charge in [-0.05, 0) is 35.9 Å². The summed E-state index contributed by atoms with van der Waals surface area (Å²) >= 11 is 5.86. The molecule has 0 bridgehead atoms. The highest BCUT2D eigenvalue weighted by Gasteiger charge is 2.16. The van der Waals surface area contributed by atoms with Crippen LogP contribution in [0.1, 0.15) is 28.3 Å². The molecule has 0 unspecified atom stereocenters. The Morgan fingerprint density at radius 3 is 2.59 bits per heavy atom. The first-order valence-electron chi connectivity index (χ1n) is 8.50. The average molecular weight is 423 g/mol. The first kappa shape index (κ1) is 20.6. The molecule has 0 fully saturated rings. The van der Waals surface area contributed by atoms with Gasteiger partial charge in [0.2, 0.25) is 0 Å². The Morgan fingerprint density at radius 2 is 1.90 bits per heavy atom. The minimum atomic E-state index is -2.76. The summed E-state index contributed by atoms with van der Waals surface area (Å²) in [5.41, 5.74) is 1.10. The summed E-state index contributed by atoms with van der Waals surface area (Å²) in [7, 11) is 1.44. The van der Waals surface area contributed by atoms with Crippen LogP contribution in [-0.4, -0.2) is 22.6 Å². The monoisotopic (exact) mass is 422 g/mol. The lowest BCUT2D eigenvalue weighted by Gasteiger charge is -2.12. The van der Waals surface area contributed by atoms with E-state index in [1.807, 2.05) is 12.1 Å². The molecule has 0 amide bonds. The summed E-state index contributed by atoms with van der Waals surface area (Å²) in [5.74, 6) is 0.0225. The molecule has 0 aliphatic carbocycles. The number of esters is 1. The Hall–Kier alpha value is -3.13. The molecule has 0 spiro atoms. The van der Waals surface area contributed by atoms with Crippen LogP contribution in [-0.2, 0) is 18.0 Å². The zero-order valence-electron chi connectivity index (χ0n) is 15.3. The molecule has 1 aromatic heterocycles. The van der Waals surface area contributed by atoms with Crippen LogP contribution >= 0.6 is 11.6 Å². The quantitative estimate of drug-likeness (QED) is 0.484. The number of halogens is 3. The van der Waals surface area contributed by atoms with E-state index in [0.29, 0.717) is 21.1 Å². The lowest BCUT2D eigenvalue weighted by atomic mass is 10.2. The number of methoxy groups -OCH3 is 1. The number of aromatic nitrogens is 2. The van der Waals surface area contributed by atoms with E-state index >= 15 is 0 Å². The fourth-order valence-corrected chi connectivity index (χ4v) is 2.63. The zero-order chi connectivity index (χ0) is 20.8. The van der Waals surface area contributed by atoms with Crippen LogP contribution in [0.3, 0.4) is 0 Å². The van der Waals surface area contributed by atoms with Crippen LogP contribution in [0.4, 0.5) is 8.78 Å². The van der Waals surface area contributed by atoms with Gasteiger partial charge in [-0.15, -0.1) is 0 Å². The van der Waals surface area contributed by atoms with Gasteiger partial charge in [-0.3, -0.25) is 4.57 Å². The highest BCUT2D eigenvalue weighted by molar-refractivity contribution is 6.30. The number of hydrogen-bond acceptors (Lipinski definition) is 5. The smallest absolute Gasteiger partial charge is 0.338 e. The van der Waals surface area contributed by atoms with Crippen molar-refractivity contribution in [1.29, 1.82) is 0 Å². The topological polar surface area (TPSA) is 62.6 Å². The summed E-state index contributed by atoms with van der Waals surface area (Å²) in [6.45, 7) is -2.86. The maximum absolute atomic E-state index is 12.8. The van der Waals surface area contributed by atoms with Crippen molar-refractivity contribution in [2.45, 2.75) is 19.8 Å². The summed E-state index contributed by atoms with van der Waals surface area (Å²) in [4.78, 5) is 16.0. The zero-order valence-corrected chi connectivity index (χ0v) is 16.1. The van der Waals surface area contributed by atoms with Crippen molar-refractivity contribution in [3.8, 4) is 11.5 Å². The lowest BCUT2D eigenvalue weighted by molar-refractivity contribution is 0.0375. The Morgan fingerprint density at radius 1 is 1.14 bits per heavy atom. The van der Waals surface area contributed by atoms with Gasteiger partial charge in [0, 0.05) is 17.4 Å². The molecular formula is C20H17ClF2N2O4. The molecule has 1 heterocycles. The fourth-order valence-electron chi connectivity index (χ4n) is 2.50. The van der Waals surface area contributed by atoms with E-state index in [1.54, 1.807) is 18.2 Å². The molecule has 2 aromatic carbocycles. The summed E-state index contributed by atoms with van der Waals surface area (Å²) < 4.78 is 42.3. The summed E-state index contributed by atoms with van der Waals surface area (Å²) in [6, 6.07) is 11.7. The molecule has 29 heavy (non-hydrogen) atoms. The Balaban J connectivity index is 1.64. The molecule has 152 valence electrons. The molecule has 9 heteroatoms. The largest absolute Gasteiger partial charge is 0.493 e. The molecule has 3 aromatic rings. The second-order valence-electron chi connectivity index (χ2n) is 5.89. The predicted octanol–water partition coefficient (Wildman–Crippen LogP) is 4.88. The maximum atomic E-state index is 12.8. The van der Waals surface area contributed by atoms with E-state index in [0.717, 1.165) is 11.8 Å². The number of alkyl halides is 2. The number of hydrogen-bond donors (Lipinski definition) is 0. The molecule has 0 atom stereocenters. The number of benzene rings is 2. The van der Waals surface area contributed by atoms with E-state index in [4.69, 9.17) is 25.8 Å². The molecule has 0 N–H and O–H groups in total. The summed E-state index contributed by atoms with van der Waals surface area (Å²) in [5, 5.41) is 0.630. The van der Waals surface area contributed by atoms with Gasteiger partial charge in [-0.25, -0.2) is 9.78 Å². The van der Waals surface area contributed by atoms with Crippen molar-refractivity contribution < 1.29 is 27.8 Å². The van der Waals surface area contributed by atoms with E-state index in [9.17, 15) is 13.6 Å². The minimum Gasteiger partial charge on any atom is -0.493 e. The van der Waals surface area contributed by atoms with Crippen LogP contribution in [0, 0.1) is 0 Å². The van der Waals surface area contributed by atoms with E-state index < -0.39 is 12.5 Å². The van der Waals surface area contributed by atoms with Crippen LogP contribution in [0.2, 0.25) is 5.02 Å². The first-order chi connectivity index (χ1) is 14.0. The Labute approximate surface area is 170 Å². The van der Waals surface area contributed by atoms with Crippen molar-refractivity contribution >= 4 is 17.6 Å². The van der Waals surface area contributed by atoms with Gasteiger partial charge in [0.1, 0.15) is 13.2 Å². The fraction of sp³-hybridized carbons (Fsp3) is 0.200. The van der Waals surface area contributed by atoms with Crippen LogP contribution in [0.15, 0.2) is 54.9 Å². The normalized spacial score (nSPS) is 10.8. The lowest BCUT2D eigenvalue weighted by Crippen LogP contribution is -2.10. The van der Waals surface area contributed by atoms with E-state index in [2.05, 4.69) is 4.98 Å². The number of nitrogens with zero attached hydrogens (tertiary/aromatic N) is 2. The van der Waals surface area contributed by atoms with Crippen LogP contribution in [0.25, 0.3) is 0 Å². The van der Waals surface area contributed by atoms with Gasteiger partial charge in [0.05, 0.1) is 12.7 Å². The van der Waals surface area contributed by atoms with Crippen molar-refractivity contribution in [3.63, 3.8) is 0 Å². The van der Waals surface area contributed by atoms with Crippen molar-refractivity contribution in [1.82, 2.24) is 9.55 Å². The number of carbonyl (C=O) groups is 1. The second-order valence-corrected chi connectivity index (χ2v) is 6.32. The number of imidazole rings is 1. The summed E-state index contributed by atoms with van der Waals surface area (Å²) in [6.07, 6.45) is 2.33. The van der Waals surface area contributed by atoms with Gasteiger partial charge in [0.25, 0.3) is 0 Å². The van der Waals surface area contributed by atoms with Crippen LogP contribution < -0.4 is 9.47 Å². The molecule has 0 saturated carbocycles. The molecule has 0 aliphatic rings. The minimum absolute atomic E-state index is 0.0526. The third kappa shape index (κ3) is 5.23. The molecule has 3 rings (SSSR count). The molecular weight excluding hydrogens is 406 g/mol. The molecule has 0 radical (unpaired) electrons. The predicted molar refractivity (Wildman–Crippen MR) is 101 cm³/mol. The number of rotatable bonds is 8. The van der Waals surface area contributed by atoms with Gasteiger partial charge in [0.15, 0.2) is 17.3 Å². The van der Waals surface area contributed by atoms with Crippen molar-refractivity contribution in [2.24, 2.45) is 0 Å². The van der Waals surface area contributed by atoms with E-state index in [1.165, 1.54) is 25.4 Å². The van der Waals surface area contributed by atoms with Gasteiger partial charge >= 0.3 is 12.5 Å². The Kier molecular flexibility index (Phi) is 6.66. The number of ether oxygens (including phenoxy) is 3. The van der Waals surface area contributed by atoms with Gasteiger partial charge < -0.3 is 14.2 Å². The van der Waals surface area contributed by atoms with Gasteiger partial charge in [-0.2, -0.15) is 8.78 Å². The SMILES string of the molecule is COc1cc(C(=O)OCc2nccn2C(F)F)ccc1OCc1ccc(Cl)cc1. The third-order valence-corrected chi connectivity index (χ3v) is 4.25. The average Bonchev–Trinajstić information content (AvgIpc) is 3.20. The van der Waals surface area contributed by atoms with E-state index in [-0.39, 0.29) is 24.6 Å². The highest BCUT2D eigenvalue weighted by Crippen LogP contribution is 2.29. The van der Waals surface area contributed by atoms with Crippen molar-refractivity contribution in [3.05, 3.63) is 76.8 Å². The van der Waals surface area contributed by atoms with Crippen LogP contribution in [0.5, 0.6) is 11.5 Å². The highest BCUT2D eigenvalue weighted by atomic mass is 35.5. The molecule has 0 aliphatic heterocycles.